The normalized spacial score (nSPS) is 18.9. The van der Waals surface area contributed by atoms with Crippen molar-refractivity contribution in [2.75, 3.05) is 18.9 Å². The molecule has 0 bridgehead atoms. The van der Waals surface area contributed by atoms with Gasteiger partial charge in [-0.3, -0.25) is 0 Å². The van der Waals surface area contributed by atoms with E-state index in [1.807, 2.05) is 12.1 Å². The number of nitrogen functional groups attached to an aromatic ring is 1. The quantitative estimate of drug-likeness (QED) is 0.775. The Bertz CT molecular complexity index is 723. The minimum atomic E-state index is 0.463. The predicted molar refractivity (Wildman–Crippen MR) is 85.5 cm³/mol. The van der Waals surface area contributed by atoms with Crippen LogP contribution in [-0.4, -0.2) is 18.2 Å². The molecule has 0 saturated carbocycles. The largest absolute Gasteiger partial charge is 0.390 e. The summed E-state index contributed by atoms with van der Waals surface area (Å²) >= 11 is 3.33. The number of aromatic nitrogens is 1. The Morgan fingerprint density at radius 1 is 1.30 bits per heavy atom. The molecule has 1 aromatic carbocycles. The molecule has 1 aliphatic heterocycles. The van der Waals surface area contributed by atoms with E-state index >= 15 is 0 Å². The molecule has 1 aliphatic rings. The molecule has 0 radical (unpaired) electrons. The molecule has 1 saturated heterocycles. The summed E-state index contributed by atoms with van der Waals surface area (Å²) in [7, 11) is 0. The van der Waals surface area contributed by atoms with Crippen molar-refractivity contribution in [1.82, 2.24) is 4.98 Å². The summed E-state index contributed by atoms with van der Waals surface area (Å²) in [5.41, 5.74) is 9.70. The molecule has 1 unspecified atom stereocenters. The van der Waals surface area contributed by atoms with Gasteiger partial charge in [0.05, 0.1) is 21.8 Å². The van der Waals surface area contributed by atoms with Crippen LogP contribution in [0.2, 0.25) is 0 Å². The maximum absolute atomic E-state index is 6.21. The van der Waals surface area contributed by atoms with E-state index in [4.69, 9.17) is 15.5 Å². The van der Waals surface area contributed by atoms with Crippen molar-refractivity contribution in [2.45, 2.75) is 12.3 Å². The summed E-state index contributed by atoms with van der Waals surface area (Å²) in [6, 6.07) is 8.23. The van der Waals surface area contributed by atoms with Gasteiger partial charge in [0.15, 0.2) is 0 Å². The van der Waals surface area contributed by atoms with Crippen molar-refractivity contribution in [3.8, 4) is 10.6 Å². The highest BCUT2D eigenvalue weighted by atomic mass is 32.1. The third kappa shape index (κ3) is 1.93. The summed E-state index contributed by atoms with van der Waals surface area (Å²) < 4.78 is 6.73. The number of nitrogens with zero attached hydrogens (tertiary/aromatic N) is 1. The molecule has 2 aromatic heterocycles. The number of nitrogens with two attached hydrogens (primary N) is 1. The number of hydrogen-bond acceptors (Lipinski definition) is 5. The van der Waals surface area contributed by atoms with Gasteiger partial charge in [0, 0.05) is 18.1 Å². The van der Waals surface area contributed by atoms with Gasteiger partial charge in [0.25, 0.3) is 0 Å². The van der Waals surface area contributed by atoms with E-state index < -0.39 is 0 Å². The molecule has 20 heavy (non-hydrogen) atoms. The zero-order valence-corrected chi connectivity index (χ0v) is 12.5. The topological polar surface area (TPSA) is 48.1 Å². The number of thiazole rings is 1. The smallest absolute Gasteiger partial charge is 0.127 e. The average Bonchev–Trinajstić information content (AvgIpc) is 3.16. The van der Waals surface area contributed by atoms with Gasteiger partial charge in [-0.05, 0) is 29.5 Å². The van der Waals surface area contributed by atoms with Gasteiger partial charge in [0.1, 0.15) is 5.01 Å². The number of para-hydroxylation sites is 1. The molecule has 3 nitrogen and oxygen atoms in total. The summed E-state index contributed by atoms with van der Waals surface area (Å²) in [5.74, 6) is 0.463. The summed E-state index contributed by atoms with van der Waals surface area (Å²) in [5, 5.41) is 4.08. The molecule has 5 heteroatoms. The van der Waals surface area contributed by atoms with Crippen LogP contribution in [0.5, 0.6) is 0 Å². The molecule has 2 N–H and O–H groups in total. The fourth-order valence-electron chi connectivity index (χ4n) is 2.68. The fourth-order valence-corrected chi connectivity index (χ4v) is 4.68. The van der Waals surface area contributed by atoms with Crippen LogP contribution in [0.15, 0.2) is 29.6 Å². The van der Waals surface area contributed by atoms with E-state index in [0.717, 1.165) is 40.7 Å². The molecule has 0 amide bonds. The highest BCUT2D eigenvalue weighted by Crippen LogP contribution is 2.43. The van der Waals surface area contributed by atoms with E-state index in [0.29, 0.717) is 5.92 Å². The molecule has 1 fully saturated rings. The van der Waals surface area contributed by atoms with Gasteiger partial charge in [0.2, 0.25) is 0 Å². The van der Waals surface area contributed by atoms with E-state index in [1.165, 1.54) is 10.3 Å². The first-order chi connectivity index (χ1) is 9.83. The van der Waals surface area contributed by atoms with Crippen molar-refractivity contribution in [1.29, 1.82) is 0 Å². The first-order valence-corrected chi connectivity index (χ1v) is 8.33. The van der Waals surface area contributed by atoms with Crippen molar-refractivity contribution in [2.24, 2.45) is 0 Å². The molecule has 3 heterocycles. The van der Waals surface area contributed by atoms with Gasteiger partial charge in [-0.2, -0.15) is 0 Å². The Morgan fingerprint density at radius 2 is 2.20 bits per heavy atom. The van der Waals surface area contributed by atoms with E-state index in [2.05, 4.69) is 17.5 Å². The number of hydrogen-bond donors (Lipinski definition) is 1. The molecule has 102 valence electrons. The molecular weight excluding hydrogens is 288 g/mol. The van der Waals surface area contributed by atoms with Gasteiger partial charge in [-0.1, -0.05) is 12.1 Å². The highest BCUT2D eigenvalue weighted by Gasteiger charge is 2.25. The zero-order valence-electron chi connectivity index (χ0n) is 10.8. The zero-order chi connectivity index (χ0) is 13.5. The number of ether oxygens (including phenoxy) is 1. The molecule has 1 atom stereocenters. The molecular formula is C15H14N2OS2. The van der Waals surface area contributed by atoms with Crippen LogP contribution in [-0.2, 0) is 4.74 Å². The second-order valence-corrected chi connectivity index (χ2v) is 6.92. The Morgan fingerprint density at radius 3 is 3.00 bits per heavy atom. The second kappa shape index (κ2) is 4.84. The van der Waals surface area contributed by atoms with E-state index in [9.17, 15) is 0 Å². The molecule has 4 rings (SSSR count). The first kappa shape index (κ1) is 12.3. The van der Waals surface area contributed by atoms with Gasteiger partial charge >= 0.3 is 0 Å². The van der Waals surface area contributed by atoms with Crippen LogP contribution in [0.3, 0.4) is 0 Å². The van der Waals surface area contributed by atoms with Crippen molar-refractivity contribution >= 4 is 37.9 Å². The Balaban J connectivity index is 1.86. The lowest BCUT2D eigenvalue weighted by Crippen LogP contribution is -1.98. The average molecular weight is 302 g/mol. The third-order valence-electron chi connectivity index (χ3n) is 3.73. The minimum Gasteiger partial charge on any atom is -0.390 e. The summed E-state index contributed by atoms with van der Waals surface area (Å²) in [6.07, 6.45) is 1.08. The summed E-state index contributed by atoms with van der Waals surface area (Å²) in [6.45, 7) is 1.65. The molecule has 3 aromatic rings. The maximum atomic E-state index is 6.21. The highest BCUT2D eigenvalue weighted by molar-refractivity contribution is 7.22. The molecule has 0 spiro atoms. The Labute approximate surface area is 125 Å². The van der Waals surface area contributed by atoms with Crippen LogP contribution in [0.1, 0.15) is 17.9 Å². The van der Waals surface area contributed by atoms with Crippen molar-refractivity contribution in [3.63, 3.8) is 0 Å². The third-order valence-corrected chi connectivity index (χ3v) is 5.61. The number of fused-ring (bicyclic) bond motifs is 1. The number of rotatable bonds is 2. The Kier molecular flexibility index (Phi) is 2.98. The number of anilines is 1. The fraction of sp³-hybridized carbons (Fsp3) is 0.267. The standard InChI is InChI=1S/C15H14N2OS2/c16-14-13(10(8-19-14)9-5-6-18-7-9)15-17-11-3-1-2-4-12(11)20-15/h1-4,8-9H,5-7,16H2. The SMILES string of the molecule is Nc1scc(C2CCOC2)c1-c1nc2ccccc2s1. The van der Waals surface area contributed by atoms with Crippen molar-refractivity contribution < 1.29 is 4.74 Å². The number of benzene rings is 1. The van der Waals surface area contributed by atoms with E-state index in [-0.39, 0.29) is 0 Å². The lowest BCUT2D eigenvalue weighted by atomic mass is 9.97. The van der Waals surface area contributed by atoms with Crippen LogP contribution >= 0.6 is 22.7 Å². The lowest BCUT2D eigenvalue weighted by Gasteiger charge is -2.08. The lowest BCUT2D eigenvalue weighted by molar-refractivity contribution is 0.194. The van der Waals surface area contributed by atoms with Crippen LogP contribution in [0.25, 0.3) is 20.8 Å². The van der Waals surface area contributed by atoms with Gasteiger partial charge in [-0.25, -0.2) is 4.98 Å². The van der Waals surface area contributed by atoms with Gasteiger partial charge < -0.3 is 10.5 Å². The second-order valence-electron chi connectivity index (χ2n) is 4.98. The predicted octanol–water partition coefficient (Wildman–Crippen LogP) is 4.11. The van der Waals surface area contributed by atoms with Crippen LogP contribution < -0.4 is 5.73 Å². The van der Waals surface area contributed by atoms with E-state index in [1.54, 1.807) is 22.7 Å². The van der Waals surface area contributed by atoms with Crippen LogP contribution in [0, 0.1) is 0 Å². The monoisotopic (exact) mass is 302 g/mol. The minimum absolute atomic E-state index is 0.463. The van der Waals surface area contributed by atoms with Crippen LogP contribution in [0.4, 0.5) is 5.00 Å². The maximum Gasteiger partial charge on any atom is 0.127 e. The molecule has 0 aliphatic carbocycles. The number of thiophene rings is 1. The van der Waals surface area contributed by atoms with Crippen molar-refractivity contribution in [3.05, 3.63) is 35.2 Å². The Hall–Kier alpha value is -1.43. The van der Waals surface area contributed by atoms with Gasteiger partial charge in [-0.15, -0.1) is 22.7 Å². The summed E-state index contributed by atoms with van der Waals surface area (Å²) in [4.78, 5) is 4.75. The first-order valence-electron chi connectivity index (χ1n) is 6.63.